The number of para-hydroxylation sites is 1. The second-order valence-electron chi connectivity index (χ2n) is 6.89. The monoisotopic (exact) mass is 290 g/mol. The van der Waals surface area contributed by atoms with Gasteiger partial charge in [-0.25, -0.2) is 4.79 Å². The van der Waals surface area contributed by atoms with Gasteiger partial charge in [-0.05, 0) is 45.2 Å². The molecule has 3 N–H and O–H groups in total. The molecule has 4 nitrogen and oxygen atoms in total. The van der Waals surface area contributed by atoms with Gasteiger partial charge in [-0.1, -0.05) is 37.5 Å². The van der Waals surface area contributed by atoms with Gasteiger partial charge in [0, 0.05) is 11.2 Å². The van der Waals surface area contributed by atoms with Gasteiger partial charge in [0.25, 0.3) is 0 Å². The van der Waals surface area contributed by atoms with E-state index in [0.29, 0.717) is 0 Å². The highest BCUT2D eigenvalue weighted by Gasteiger charge is 2.32. The number of ether oxygens (including phenoxy) is 1. The summed E-state index contributed by atoms with van der Waals surface area (Å²) in [5, 5.41) is 2.85. The zero-order valence-corrected chi connectivity index (χ0v) is 13.2. The fourth-order valence-corrected chi connectivity index (χ4v) is 2.89. The summed E-state index contributed by atoms with van der Waals surface area (Å²) in [6.45, 7) is 5.55. The molecule has 0 spiro atoms. The van der Waals surface area contributed by atoms with Gasteiger partial charge in [-0.3, -0.25) is 5.32 Å². The third kappa shape index (κ3) is 4.21. The average molecular weight is 290 g/mol. The zero-order valence-electron chi connectivity index (χ0n) is 13.2. The van der Waals surface area contributed by atoms with Crippen molar-refractivity contribution in [3.63, 3.8) is 0 Å². The summed E-state index contributed by atoms with van der Waals surface area (Å²) >= 11 is 0. The van der Waals surface area contributed by atoms with E-state index in [1.165, 1.54) is 6.42 Å². The van der Waals surface area contributed by atoms with E-state index in [1.807, 2.05) is 45.0 Å². The van der Waals surface area contributed by atoms with Crippen molar-refractivity contribution in [1.29, 1.82) is 0 Å². The average Bonchev–Trinajstić information content (AvgIpc) is 2.37. The van der Waals surface area contributed by atoms with E-state index in [9.17, 15) is 4.79 Å². The van der Waals surface area contributed by atoms with Crippen molar-refractivity contribution in [1.82, 2.24) is 0 Å². The minimum Gasteiger partial charge on any atom is -0.444 e. The summed E-state index contributed by atoms with van der Waals surface area (Å²) in [4.78, 5) is 12.0. The van der Waals surface area contributed by atoms with Gasteiger partial charge < -0.3 is 10.5 Å². The molecule has 0 aromatic heterocycles. The molecular formula is C17H26N2O2. The Morgan fingerprint density at radius 2 is 1.81 bits per heavy atom. The van der Waals surface area contributed by atoms with E-state index in [4.69, 9.17) is 10.5 Å². The van der Waals surface area contributed by atoms with E-state index < -0.39 is 11.7 Å². The fourth-order valence-electron chi connectivity index (χ4n) is 2.89. The molecule has 2 rings (SSSR count). The van der Waals surface area contributed by atoms with Gasteiger partial charge in [-0.15, -0.1) is 0 Å². The third-order valence-electron chi connectivity index (χ3n) is 3.84. The lowest BCUT2D eigenvalue weighted by molar-refractivity contribution is 0.0635. The highest BCUT2D eigenvalue weighted by atomic mass is 16.6. The second kappa shape index (κ2) is 6.06. The molecule has 21 heavy (non-hydrogen) atoms. The van der Waals surface area contributed by atoms with Gasteiger partial charge in [0.2, 0.25) is 0 Å². The van der Waals surface area contributed by atoms with E-state index in [1.54, 1.807) is 0 Å². The third-order valence-corrected chi connectivity index (χ3v) is 3.84. The minimum absolute atomic E-state index is 0.343. The summed E-state index contributed by atoms with van der Waals surface area (Å²) in [6.07, 6.45) is 4.99. The molecule has 1 amide bonds. The first-order chi connectivity index (χ1) is 9.80. The Hall–Kier alpha value is -1.55. The van der Waals surface area contributed by atoms with Gasteiger partial charge in [0.05, 0.1) is 0 Å². The molecule has 0 unspecified atom stereocenters. The molecule has 0 heterocycles. The van der Waals surface area contributed by atoms with Crippen molar-refractivity contribution in [2.45, 2.75) is 64.0 Å². The highest BCUT2D eigenvalue weighted by Crippen LogP contribution is 2.38. The first kappa shape index (κ1) is 15.8. The molecule has 0 aliphatic heterocycles. The van der Waals surface area contributed by atoms with Crippen LogP contribution in [0, 0.1) is 0 Å². The molecule has 116 valence electrons. The lowest BCUT2D eigenvalue weighted by Gasteiger charge is -2.35. The maximum Gasteiger partial charge on any atom is 0.412 e. The Bertz CT molecular complexity index is 500. The smallest absolute Gasteiger partial charge is 0.412 e. The number of carbonyl (C=O) groups excluding carboxylic acids is 1. The lowest BCUT2D eigenvalue weighted by Crippen LogP contribution is -2.39. The molecule has 1 aromatic carbocycles. The number of hydrogen-bond donors (Lipinski definition) is 2. The van der Waals surface area contributed by atoms with Crippen LogP contribution in [0.3, 0.4) is 0 Å². The van der Waals surface area contributed by atoms with E-state index in [2.05, 4.69) is 5.32 Å². The van der Waals surface area contributed by atoms with Crippen molar-refractivity contribution >= 4 is 11.8 Å². The van der Waals surface area contributed by atoms with Crippen LogP contribution in [0.5, 0.6) is 0 Å². The van der Waals surface area contributed by atoms with Gasteiger partial charge in [-0.2, -0.15) is 0 Å². The number of rotatable bonds is 2. The molecule has 0 bridgehead atoms. The van der Waals surface area contributed by atoms with E-state index in [0.717, 1.165) is 36.9 Å². The number of hydrogen-bond acceptors (Lipinski definition) is 3. The molecule has 1 saturated carbocycles. The van der Waals surface area contributed by atoms with Crippen LogP contribution in [0.4, 0.5) is 10.5 Å². The Kier molecular flexibility index (Phi) is 4.57. The Morgan fingerprint density at radius 1 is 1.19 bits per heavy atom. The number of benzene rings is 1. The van der Waals surface area contributed by atoms with E-state index in [-0.39, 0.29) is 5.54 Å². The van der Waals surface area contributed by atoms with Crippen LogP contribution in [-0.4, -0.2) is 11.7 Å². The van der Waals surface area contributed by atoms with Gasteiger partial charge in [0.15, 0.2) is 0 Å². The van der Waals surface area contributed by atoms with Crippen LogP contribution in [0.15, 0.2) is 24.3 Å². The minimum atomic E-state index is -0.510. The van der Waals surface area contributed by atoms with Crippen LogP contribution < -0.4 is 11.1 Å². The maximum atomic E-state index is 12.0. The number of carbonyl (C=O) groups is 1. The number of nitrogens with two attached hydrogens (primary N) is 1. The predicted octanol–water partition coefficient (Wildman–Crippen LogP) is 4.15. The summed E-state index contributed by atoms with van der Waals surface area (Å²) in [5.41, 5.74) is 7.51. The summed E-state index contributed by atoms with van der Waals surface area (Å²) in [7, 11) is 0. The first-order valence-corrected chi connectivity index (χ1v) is 7.69. The molecule has 0 radical (unpaired) electrons. The Labute approximate surface area is 127 Å². The van der Waals surface area contributed by atoms with Gasteiger partial charge >= 0.3 is 6.09 Å². The molecule has 1 aliphatic carbocycles. The number of nitrogens with one attached hydrogen (secondary N) is 1. The van der Waals surface area contributed by atoms with Crippen molar-refractivity contribution in [2.75, 3.05) is 5.32 Å². The molecule has 1 aromatic rings. The van der Waals surface area contributed by atoms with Crippen LogP contribution >= 0.6 is 0 Å². The highest BCUT2D eigenvalue weighted by molar-refractivity contribution is 5.86. The standard InChI is InChI=1S/C17H26N2O2/c1-16(2,3)21-15(20)19-14-10-6-5-9-13(14)17(18)11-7-4-8-12-17/h5-6,9-10H,4,7-8,11-12,18H2,1-3H3,(H,19,20). The summed E-state index contributed by atoms with van der Waals surface area (Å²) in [5.74, 6) is 0. The quantitative estimate of drug-likeness (QED) is 0.860. The maximum absolute atomic E-state index is 12.0. The molecular weight excluding hydrogens is 264 g/mol. The van der Waals surface area contributed by atoms with Crippen LogP contribution in [0.25, 0.3) is 0 Å². The van der Waals surface area contributed by atoms with Crippen molar-refractivity contribution in [3.05, 3.63) is 29.8 Å². The predicted molar refractivity (Wildman–Crippen MR) is 85.2 cm³/mol. The van der Waals surface area contributed by atoms with Crippen LogP contribution in [0.2, 0.25) is 0 Å². The summed E-state index contributed by atoms with van der Waals surface area (Å²) in [6, 6.07) is 7.78. The van der Waals surface area contributed by atoms with E-state index >= 15 is 0 Å². The molecule has 0 saturated heterocycles. The number of anilines is 1. The fraction of sp³-hybridized carbons (Fsp3) is 0.588. The zero-order chi connectivity index (χ0) is 15.5. The largest absolute Gasteiger partial charge is 0.444 e. The summed E-state index contributed by atoms with van der Waals surface area (Å²) < 4.78 is 5.33. The van der Waals surface area contributed by atoms with Gasteiger partial charge in [0.1, 0.15) is 5.60 Å². The second-order valence-corrected chi connectivity index (χ2v) is 6.89. The molecule has 1 fully saturated rings. The topological polar surface area (TPSA) is 64.3 Å². The molecule has 1 aliphatic rings. The normalized spacial score (nSPS) is 18.1. The molecule has 4 heteroatoms. The van der Waals surface area contributed by atoms with Crippen molar-refractivity contribution in [3.8, 4) is 0 Å². The number of amides is 1. The van der Waals surface area contributed by atoms with Crippen LogP contribution in [-0.2, 0) is 10.3 Å². The Balaban J connectivity index is 2.19. The van der Waals surface area contributed by atoms with Crippen molar-refractivity contribution in [2.24, 2.45) is 5.73 Å². The van der Waals surface area contributed by atoms with Crippen molar-refractivity contribution < 1.29 is 9.53 Å². The Morgan fingerprint density at radius 3 is 2.43 bits per heavy atom. The SMILES string of the molecule is CC(C)(C)OC(=O)Nc1ccccc1C1(N)CCCCC1. The lowest BCUT2D eigenvalue weighted by atomic mass is 9.77. The van der Waals surface area contributed by atoms with Crippen LogP contribution in [0.1, 0.15) is 58.4 Å². The first-order valence-electron chi connectivity index (χ1n) is 7.69. The molecule has 0 atom stereocenters.